The quantitative estimate of drug-likeness (QED) is 0.0535. The third-order valence-corrected chi connectivity index (χ3v) is 16.5. The van der Waals surface area contributed by atoms with Crippen LogP contribution in [0.25, 0.3) is 67.7 Å². The van der Waals surface area contributed by atoms with Crippen molar-refractivity contribution in [1.82, 2.24) is 79.6 Å². The Labute approximate surface area is 542 Å². The Morgan fingerprint density at radius 1 is 0.421 bits per heavy atom. The maximum absolute atomic E-state index is 13.3. The summed E-state index contributed by atoms with van der Waals surface area (Å²) in [5.41, 5.74) is 24.4. The van der Waals surface area contributed by atoms with Gasteiger partial charge in [-0.15, -0.1) is 11.3 Å². The largest absolute Gasteiger partial charge is 0.368 e. The minimum Gasteiger partial charge on any atom is -0.368 e. The van der Waals surface area contributed by atoms with Crippen molar-refractivity contribution >= 4 is 109 Å². The molecule has 0 radical (unpaired) electrons. The number of nitrogens with zero attached hydrogens (tertiary/aromatic N) is 17. The third kappa shape index (κ3) is 14.9. The number of imidazole rings is 3. The number of amides is 2. The van der Waals surface area contributed by atoms with Crippen molar-refractivity contribution in [3.05, 3.63) is 156 Å². The van der Waals surface area contributed by atoms with E-state index in [-0.39, 0.29) is 59.5 Å². The average Bonchev–Trinajstić information content (AvgIpc) is 1.69. The van der Waals surface area contributed by atoms with Crippen LogP contribution in [0.2, 0.25) is 0 Å². The minimum atomic E-state index is -0.314. The van der Waals surface area contributed by atoms with Gasteiger partial charge >= 0.3 is 0 Å². The van der Waals surface area contributed by atoms with Gasteiger partial charge in [0.15, 0.2) is 39.5 Å². The lowest BCUT2D eigenvalue weighted by Gasteiger charge is -2.36. The van der Waals surface area contributed by atoms with E-state index in [0.717, 1.165) is 35.5 Å². The second-order valence-electron chi connectivity index (χ2n) is 22.2. The highest BCUT2D eigenvalue weighted by Gasteiger charge is 2.28. The van der Waals surface area contributed by atoms with Crippen molar-refractivity contribution in [3.63, 3.8) is 0 Å². The number of nitrogen functional groups attached to an aromatic ring is 3. The van der Waals surface area contributed by atoms with E-state index >= 15 is 0 Å². The van der Waals surface area contributed by atoms with Gasteiger partial charge in [-0.2, -0.15) is 29.9 Å². The number of halogens is 4. The van der Waals surface area contributed by atoms with E-state index in [2.05, 4.69) is 110 Å². The predicted molar refractivity (Wildman–Crippen MR) is 356 cm³/mol. The molecule has 8 aromatic heterocycles. The first-order valence-corrected chi connectivity index (χ1v) is 31.0. The molecule has 0 unspecified atom stereocenters. The minimum absolute atomic E-state index is 0.0837. The number of H-pyrrole nitrogens is 3. The van der Waals surface area contributed by atoms with E-state index in [9.17, 15) is 27.2 Å². The molecule has 3 aliphatic heterocycles. The molecule has 3 aliphatic rings. The number of piperazine rings is 3. The van der Waals surface area contributed by atoms with Crippen LogP contribution >= 0.6 is 11.3 Å². The first-order valence-electron chi connectivity index (χ1n) is 30.1. The maximum Gasteiger partial charge on any atom is 0.240 e. The number of hydrogen-bond donors (Lipinski definition) is 8. The van der Waals surface area contributed by atoms with Gasteiger partial charge in [0, 0.05) is 119 Å². The Hall–Kier alpha value is -11.5. The van der Waals surface area contributed by atoms with Crippen molar-refractivity contribution in [2.24, 2.45) is 0 Å². The van der Waals surface area contributed by atoms with Gasteiger partial charge in [0.05, 0.1) is 13.1 Å². The summed E-state index contributed by atoms with van der Waals surface area (Å²) in [6.45, 7) is 8.93. The van der Waals surface area contributed by atoms with E-state index in [1.165, 1.54) is 59.9 Å². The van der Waals surface area contributed by atoms with E-state index < -0.39 is 0 Å². The molecule has 0 spiro atoms. The fraction of sp³-hybridized carbons (Fsp3) is 0.222. The normalized spacial score (nSPS) is 14.6. The van der Waals surface area contributed by atoms with E-state index in [0.29, 0.717) is 151 Å². The number of thiazole rings is 1. The smallest absolute Gasteiger partial charge is 0.240 e. The van der Waals surface area contributed by atoms with Gasteiger partial charge in [0.2, 0.25) is 29.7 Å². The van der Waals surface area contributed by atoms with Crippen LogP contribution in [-0.2, 0) is 9.59 Å². The molecule has 4 aromatic carbocycles. The number of carbonyl (C=O) groups is 2. The zero-order valence-electron chi connectivity index (χ0n) is 50.7. The molecule has 0 aliphatic carbocycles. The molecule has 15 rings (SSSR count). The Kier molecular flexibility index (Phi) is 18.2. The molecule has 0 atom stereocenters. The predicted octanol–water partition coefficient (Wildman–Crippen LogP) is 7.06. The number of aromatic amines is 3. The molecule has 0 saturated carbocycles. The highest BCUT2D eigenvalue weighted by molar-refractivity contribution is 7.13. The second-order valence-corrected chi connectivity index (χ2v) is 23.1. The summed E-state index contributed by atoms with van der Waals surface area (Å²) in [7, 11) is 0. The second kappa shape index (κ2) is 27.8. The molecule has 3 saturated heterocycles. The summed E-state index contributed by atoms with van der Waals surface area (Å²) in [6, 6.07) is 30.1. The fourth-order valence-corrected chi connectivity index (χ4v) is 11.7. The van der Waals surface area contributed by atoms with Crippen LogP contribution in [0.4, 0.5) is 69.5 Å². The van der Waals surface area contributed by atoms with Crippen LogP contribution in [0.3, 0.4) is 0 Å². The number of carbonyl (C=O) groups excluding carboxylic acids is 2. The summed E-state index contributed by atoms with van der Waals surface area (Å²) in [6.07, 6.45) is 3.30. The third-order valence-electron chi connectivity index (χ3n) is 15.9. The molecule has 27 nitrogen and oxygen atoms in total. The Morgan fingerprint density at radius 3 is 1.16 bits per heavy atom. The van der Waals surface area contributed by atoms with Crippen LogP contribution in [-0.4, -0.2) is 183 Å². The lowest BCUT2D eigenvalue weighted by molar-refractivity contribution is -0.118. The highest BCUT2D eigenvalue weighted by Crippen LogP contribution is 2.32. The van der Waals surface area contributed by atoms with Crippen molar-refractivity contribution < 1.29 is 27.2 Å². The molecule has 11 heterocycles. The molecular formula is C63H61F4N25O2S. The zero-order chi connectivity index (χ0) is 65.5. The number of hydrogen-bond acceptors (Lipinski definition) is 23. The number of pyridine rings is 1. The number of benzene rings is 4. The number of rotatable bonds is 13. The summed E-state index contributed by atoms with van der Waals surface area (Å²) in [5, 5.41) is 8.03. The lowest BCUT2D eigenvalue weighted by Crippen LogP contribution is -2.49. The monoisotopic (exact) mass is 1310 g/mol. The van der Waals surface area contributed by atoms with Crippen molar-refractivity contribution in [2.45, 2.75) is 0 Å². The molecule has 2 amide bonds. The first-order chi connectivity index (χ1) is 46.2. The Bertz CT molecular complexity index is 4620. The molecule has 0 bridgehead atoms. The SMILES string of the molecule is Nc1nc(N2CCN(CC(=O)Nc3ccccn3)CC2)c2[nH]c(-c3ccc(F)cc3)nc2n1.Nc1nc(N2CCN(CC(=O)Nc3nccs3)CC2)c2[nH]c(-c3ccc(F)cc3)nc2n1.Nc1nc(N2CCN(c3ccc(F)cc3)CC2)c2[nH]c(-c3ccc(F)cc3)nc2n1. The first kappa shape index (κ1) is 62.3. The standard InChI is InChI=1S/C22H22FN9O.C21H19F2N7.C20H20FN9OS/c23-15-6-4-14(5-7-15)19-27-18-20(28-19)29-22(24)30-21(18)32-11-9-31(10-12-32)13-17(33)26-16-3-1-2-8-25-16;22-14-3-1-13(2-4-14)18-25-17-19(26-18)27-21(24)28-20(17)30-11-9-29(10-12-30)16-7-5-15(23)6-8-16;21-13-3-1-12(2-4-13)16-25-15-17(26-16)27-19(22)28-18(15)30-8-6-29(7-9-30)11-14(31)24-20-23-5-10-32-20/h1-8H,9-13H2,(H,25,26,33)(H3,24,27,28,29,30);1-8H,9-12H2,(H3,24,25,26,27,28);1-5,10H,6-9,11H2,(H,23,24,31)(H3,22,25,26,27,28). The molecule has 11 N–H and O–H groups in total. The number of nitrogens with one attached hydrogen (secondary N) is 5. The summed E-state index contributed by atoms with van der Waals surface area (Å²) in [5.74, 6) is 3.32. The van der Waals surface area contributed by atoms with Crippen LogP contribution in [0.5, 0.6) is 0 Å². The fourth-order valence-electron chi connectivity index (χ4n) is 11.1. The van der Waals surface area contributed by atoms with Gasteiger partial charge < -0.3 is 62.4 Å². The van der Waals surface area contributed by atoms with Crippen LogP contribution in [0.15, 0.2) is 133 Å². The van der Waals surface area contributed by atoms with Crippen molar-refractivity contribution in [3.8, 4) is 34.2 Å². The van der Waals surface area contributed by atoms with Crippen LogP contribution in [0, 0.1) is 23.3 Å². The number of aromatic nitrogens is 14. The summed E-state index contributed by atoms with van der Waals surface area (Å²) in [4.78, 5) is 94.8. The van der Waals surface area contributed by atoms with Gasteiger partial charge in [0.25, 0.3) is 0 Å². The van der Waals surface area contributed by atoms with Gasteiger partial charge in [-0.25, -0.2) is 42.5 Å². The van der Waals surface area contributed by atoms with E-state index in [1.54, 1.807) is 73.1 Å². The maximum atomic E-state index is 13.3. The molecule has 95 heavy (non-hydrogen) atoms. The van der Waals surface area contributed by atoms with Crippen molar-refractivity contribution in [2.75, 3.05) is 139 Å². The Balaban J connectivity index is 0.000000129. The number of anilines is 9. The van der Waals surface area contributed by atoms with Crippen molar-refractivity contribution in [1.29, 1.82) is 0 Å². The lowest BCUT2D eigenvalue weighted by atomic mass is 10.2. The van der Waals surface area contributed by atoms with Gasteiger partial charge in [-0.05, 0) is 109 Å². The van der Waals surface area contributed by atoms with Crippen LogP contribution < -0.4 is 47.4 Å². The molecule has 32 heteroatoms. The highest BCUT2D eigenvalue weighted by atomic mass is 32.1. The topological polar surface area (TPSA) is 345 Å². The van der Waals surface area contributed by atoms with Crippen LogP contribution in [0.1, 0.15) is 0 Å². The van der Waals surface area contributed by atoms with Gasteiger partial charge in [-0.1, -0.05) is 6.07 Å². The average molecular weight is 1310 g/mol. The summed E-state index contributed by atoms with van der Waals surface area (Å²) < 4.78 is 53.0. The number of nitrogens with two attached hydrogens (primary N) is 3. The molecular weight excluding hydrogens is 1250 g/mol. The summed E-state index contributed by atoms with van der Waals surface area (Å²) >= 11 is 1.39. The zero-order valence-corrected chi connectivity index (χ0v) is 51.5. The molecule has 484 valence electrons. The molecule has 3 fully saturated rings. The van der Waals surface area contributed by atoms with E-state index in [4.69, 9.17) is 17.2 Å². The molecule has 12 aromatic rings. The Morgan fingerprint density at radius 2 is 0.789 bits per heavy atom. The number of fused-ring (bicyclic) bond motifs is 3. The van der Waals surface area contributed by atoms with Gasteiger partial charge in [-0.3, -0.25) is 19.4 Å². The van der Waals surface area contributed by atoms with E-state index in [1.807, 2.05) is 11.4 Å². The van der Waals surface area contributed by atoms with Gasteiger partial charge in [0.1, 0.15) is 63.1 Å².